The third kappa shape index (κ3) is 7.03. The van der Waals surface area contributed by atoms with E-state index >= 15 is 0 Å². The largest absolute Gasteiger partial charge is 0.504 e. The molecule has 1 saturated heterocycles. The summed E-state index contributed by atoms with van der Waals surface area (Å²) < 4.78 is 5.16. The fourth-order valence-corrected chi connectivity index (χ4v) is 3.28. The second kappa shape index (κ2) is 11.6. The van der Waals surface area contributed by atoms with Crippen LogP contribution in [0.15, 0.2) is 23.2 Å². The highest BCUT2D eigenvalue weighted by Gasteiger charge is 2.27. The molecule has 0 radical (unpaired) electrons. The van der Waals surface area contributed by atoms with E-state index in [2.05, 4.69) is 41.3 Å². The van der Waals surface area contributed by atoms with Crippen LogP contribution in [0.2, 0.25) is 0 Å². The zero-order valence-electron chi connectivity index (χ0n) is 17.0. The van der Waals surface area contributed by atoms with Crippen LogP contribution in [-0.2, 0) is 6.54 Å². The smallest absolute Gasteiger partial charge is 0.191 e. The summed E-state index contributed by atoms with van der Waals surface area (Å²) in [7, 11) is 1.55. The molecule has 154 valence electrons. The molecule has 1 fully saturated rings. The van der Waals surface area contributed by atoms with Gasteiger partial charge >= 0.3 is 0 Å². The van der Waals surface area contributed by atoms with Crippen molar-refractivity contribution in [2.75, 3.05) is 33.3 Å². The molecule has 0 aromatic heterocycles. The number of likely N-dealkylation sites (tertiary alicyclic amines) is 1. The van der Waals surface area contributed by atoms with E-state index in [1.54, 1.807) is 13.2 Å². The molecule has 0 aliphatic carbocycles. The molecule has 2 rings (SSSR count). The fraction of sp³-hybridized carbons (Fsp3) is 0.650. The first-order valence-electron chi connectivity index (χ1n) is 9.60. The number of nitrogens with one attached hydrogen (secondary N) is 2. The number of para-hydroxylation sites is 1. The molecule has 0 atom stereocenters. The number of rotatable bonds is 7. The van der Waals surface area contributed by atoms with Gasteiger partial charge in [-0.15, -0.1) is 24.0 Å². The van der Waals surface area contributed by atoms with E-state index in [1.807, 2.05) is 12.1 Å². The molecule has 27 heavy (non-hydrogen) atoms. The van der Waals surface area contributed by atoms with E-state index in [9.17, 15) is 5.11 Å². The second-order valence-electron chi connectivity index (χ2n) is 7.38. The lowest BCUT2D eigenvalue weighted by molar-refractivity contribution is 0.0982. The maximum atomic E-state index is 10.2. The molecule has 1 aliphatic heterocycles. The molecule has 0 unspecified atom stereocenters. The van der Waals surface area contributed by atoms with Gasteiger partial charge in [-0.3, -0.25) is 4.90 Å². The molecule has 1 heterocycles. The van der Waals surface area contributed by atoms with Gasteiger partial charge in [0.25, 0.3) is 0 Å². The molecule has 6 nitrogen and oxygen atoms in total. The van der Waals surface area contributed by atoms with Gasteiger partial charge in [-0.25, -0.2) is 4.99 Å². The molecule has 1 aliphatic rings. The van der Waals surface area contributed by atoms with Crippen molar-refractivity contribution in [1.82, 2.24) is 15.5 Å². The Hall–Kier alpha value is -1.22. The summed E-state index contributed by atoms with van der Waals surface area (Å²) >= 11 is 0. The van der Waals surface area contributed by atoms with E-state index in [1.165, 1.54) is 32.4 Å². The third-order valence-corrected chi connectivity index (χ3v) is 4.95. The molecule has 1 aromatic carbocycles. The average molecular weight is 490 g/mol. The fourth-order valence-electron chi connectivity index (χ4n) is 3.28. The Kier molecular flexibility index (Phi) is 10.2. The Morgan fingerprint density at radius 1 is 1.22 bits per heavy atom. The molecule has 3 N–H and O–H groups in total. The summed E-state index contributed by atoms with van der Waals surface area (Å²) in [6.45, 7) is 11.0. The Balaban J connectivity index is 0.00000364. The number of guanidine groups is 1. The molecule has 0 spiro atoms. The zero-order valence-corrected chi connectivity index (χ0v) is 19.4. The van der Waals surface area contributed by atoms with Crippen molar-refractivity contribution in [1.29, 1.82) is 0 Å². The highest BCUT2D eigenvalue weighted by molar-refractivity contribution is 14.0. The summed E-state index contributed by atoms with van der Waals surface area (Å²) in [5.74, 6) is 1.39. The van der Waals surface area contributed by atoms with Crippen LogP contribution in [0.25, 0.3) is 0 Å². The van der Waals surface area contributed by atoms with Crippen LogP contribution in [-0.4, -0.2) is 54.8 Å². The molecular formula is C20H35IN4O2. The molecule has 0 amide bonds. The van der Waals surface area contributed by atoms with Crippen molar-refractivity contribution >= 4 is 29.9 Å². The minimum Gasteiger partial charge on any atom is -0.504 e. The summed E-state index contributed by atoms with van der Waals surface area (Å²) in [5, 5.41) is 17.0. The number of methoxy groups -OCH3 is 1. The van der Waals surface area contributed by atoms with Crippen molar-refractivity contribution in [2.24, 2.45) is 4.99 Å². The summed E-state index contributed by atoms with van der Waals surface area (Å²) in [6.07, 6.45) is 3.91. The number of phenolic OH excluding ortho intramolecular Hbond substituents is 1. The number of hydrogen-bond acceptors (Lipinski definition) is 4. The first kappa shape index (κ1) is 23.8. The van der Waals surface area contributed by atoms with Crippen LogP contribution in [0, 0.1) is 0 Å². The van der Waals surface area contributed by atoms with Crippen LogP contribution in [0.3, 0.4) is 0 Å². The maximum Gasteiger partial charge on any atom is 0.191 e. The van der Waals surface area contributed by atoms with E-state index < -0.39 is 0 Å². The SMILES string of the molecule is CCNC(=NCc1cccc(OC)c1O)NCC(C)(C)N1CCCCC1.I. The maximum absolute atomic E-state index is 10.2. The van der Waals surface area contributed by atoms with Gasteiger partial charge in [-0.1, -0.05) is 18.6 Å². The van der Waals surface area contributed by atoms with E-state index in [0.29, 0.717) is 12.3 Å². The lowest BCUT2D eigenvalue weighted by Crippen LogP contribution is -2.54. The number of ether oxygens (including phenoxy) is 1. The molecule has 0 bridgehead atoms. The molecule has 0 saturated carbocycles. The third-order valence-electron chi connectivity index (χ3n) is 4.95. The number of nitrogens with zero attached hydrogens (tertiary/aromatic N) is 2. The summed E-state index contributed by atoms with van der Waals surface area (Å²) in [6, 6.07) is 5.47. The van der Waals surface area contributed by atoms with Crippen molar-refractivity contribution < 1.29 is 9.84 Å². The highest BCUT2D eigenvalue weighted by atomic mass is 127. The molecule has 7 heteroatoms. The Labute approximate surface area is 180 Å². The van der Waals surface area contributed by atoms with E-state index in [0.717, 1.165) is 24.6 Å². The predicted molar refractivity (Wildman–Crippen MR) is 122 cm³/mol. The lowest BCUT2D eigenvalue weighted by atomic mass is 9.98. The van der Waals surface area contributed by atoms with Gasteiger partial charge in [0.15, 0.2) is 17.5 Å². The lowest BCUT2D eigenvalue weighted by Gasteiger charge is -2.41. The van der Waals surface area contributed by atoms with Gasteiger partial charge in [0, 0.05) is 24.2 Å². The summed E-state index contributed by atoms with van der Waals surface area (Å²) in [5.41, 5.74) is 0.825. The van der Waals surface area contributed by atoms with Gasteiger partial charge in [-0.2, -0.15) is 0 Å². The normalized spacial score (nSPS) is 15.8. The van der Waals surface area contributed by atoms with Crippen molar-refractivity contribution in [3.8, 4) is 11.5 Å². The topological polar surface area (TPSA) is 69.1 Å². The van der Waals surface area contributed by atoms with Crippen LogP contribution in [0.4, 0.5) is 0 Å². The van der Waals surface area contributed by atoms with Crippen molar-refractivity contribution in [3.63, 3.8) is 0 Å². The average Bonchev–Trinajstić information content (AvgIpc) is 2.65. The standard InChI is InChI=1S/C20H34N4O2.HI/c1-5-21-19(22-14-16-10-9-11-17(26-4)18(16)25)23-15-20(2,3)24-12-7-6-8-13-24;/h9-11,25H,5-8,12-15H2,1-4H3,(H2,21,22,23);1H. The van der Waals surface area contributed by atoms with Crippen molar-refractivity contribution in [3.05, 3.63) is 23.8 Å². The van der Waals surface area contributed by atoms with Gasteiger partial charge in [0.05, 0.1) is 13.7 Å². The zero-order chi connectivity index (χ0) is 19.0. The van der Waals surface area contributed by atoms with E-state index in [4.69, 9.17) is 4.74 Å². The van der Waals surface area contributed by atoms with Crippen LogP contribution in [0.5, 0.6) is 11.5 Å². The Morgan fingerprint density at radius 2 is 1.93 bits per heavy atom. The number of aliphatic imine (C=N–C) groups is 1. The Morgan fingerprint density at radius 3 is 2.56 bits per heavy atom. The quantitative estimate of drug-likeness (QED) is 0.311. The number of benzene rings is 1. The minimum atomic E-state index is 0. The molecule has 1 aromatic rings. The number of piperidine rings is 1. The number of hydrogen-bond donors (Lipinski definition) is 3. The first-order chi connectivity index (χ1) is 12.5. The minimum absolute atomic E-state index is 0. The van der Waals surface area contributed by atoms with Gasteiger partial charge in [0.2, 0.25) is 0 Å². The Bertz CT molecular complexity index is 602. The highest BCUT2D eigenvalue weighted by Crippen LogP contribution is 2.29. The van der Waals surface area contributed by atoms with E-state index in [-0.39, 0.29) is 35.3 Å². The predicted octanol–water partition coefficient (Wildman–Crippen LogP) is 3.34. The van der Waals surface area contributed by atoms with Crippen LogP contribution in [0.1, 0.15) is 45.6 Å². The summed E-state index contributed by atoms with van der Waals surface area (Å²) in [4.78, 5) is 7.19. The van der Waals surface area contributed by atoms with Crippen molar-refractivity contribution in [2.45, 2.75) is 52.1 Å². The van der Waals surface area contributed by atoms with Crippen LogP contribution < -0.4 is 15.4 Å². The van der Waals surface area contributed by atoms with Gasteiger partial charge in [-0.05, 0) is 52.8 Å². The van der Waals surface area contributed by atoms with Crippen LogP contribution >= 0.6 is 24.0 Å². The number of halogens is 1. The first-order valence-corrected chi connectivity index (χ1v) is 9.60. The molecular weight excluding hydrogens is 455 g/mol. The number of aromatic hydroxyl groups is 1. The number of phenols is 1. The monoisotopic (exact) mass is 490 g/mol. The van der Waals surface area contributed by atoms with Gasteiger partial charge < -0.3 is 20.5 Å². The van der Waals surface area contributed by atoms with Gasteiger partial charge in [0.1, 0.15) is 0 Å². The second-order valence-corrected chi connectivity index (χ2v) is 7.38.